The molecule has 0 saturated heterocycles. The molecule has 41 heavy (non-hydrogen) atoms. The van der Waals surface area contributed by atoms with E-state index in [4.69, 9.17) is 10.2 Å². The highest BCUT2D eigenvalue weighted by molar-refractivity contribution is 5.76. The van der Waals surface area contributed by atoms with Gasteiger partial charge in [-0.2, -0.15) is 10.5 Å². The third-order valence-corrected chi connectivity index (χ3v) is 6.78. The zero-order valence-corrected chi connectivity index (χ0v) is 22.3. The van der Waals surface area contributed by atoms with Gasteiger partial charge in [-0.3, -0.25) is 0 Å². The number of para-hydroxylation sites is 4. The van der Waals surface area contributed by atoms with Gasteiger partial charge in [0, 0.05) is 13.1 Å². The van der Waals surface area contributed by atoms with E-state index in [9.17, 15) is 0 Å². The number of imidazole rings is 2. The summed E-state index contributed by atoms with van der Waals surface area (Å²) in [6.07, 6.45) is 0.888. The van der Waals surface area contributed by atoms with Gasteiger partial charge >= 0.3 is 0 Å². The van der Waals surface area contributed by atoms with Crippen LogP contribution in [0.15, 0.2) is 109 Å². The third-order valence-electron chi connectivity index (χ3n) is 6.78. The van der Waals surface area contributed by atoms with E-state index in [1.54, 1.807) is 0 Å². The lowest BCUT2D eigenvalue weighted by Crippen LogP contribution is -2.06. The normalized spacial score (nSPS) is 10.8. The number of nitrogens with zero attached hydrogens (tertiary/aromatic N) is 8. The van der Waals surface area contributed by atoms with Crippen LogP contribution in [0.4, 0.5) is 0 Å². The number of nitriles is 1. The molecule has 3 aromatic heterocycles. The Morgan fingerprint density at radius 3 is 1.68 bits per heavy atom. The first-order valence-electron chi connectivity index (χ1n) is 13.3. The van der Waals surface area contributed by atoms with Crippen molar-refractivity contribution in [3.05, 3.63) is 138 Å². The van der Waals surface area contributed by atoms with E-state index in [1.807, 2.05) is 78.9 Å². The number of fused-ring (bicyclic) bond motifs is 2. The third kappa shape index (κ3) is 5.87. The van der Waals surface area contributed by atoms with Crippen molar-refractivity contribution in [3.63, 3.8) is 0 Å². The summed E-state index contributed by atoms with van der Waals surface area (Å²) < 4.78 is 4.33. The zero-order chi connectivity index (χ0) is 27.9. The Bertz CT molecular complexity index is 1900. The monoisotopic (exact) mass is 537 g/mol. The van der Waals surface area contributed by atoms with Crippen molar-refractivity contribution in [2.45, 2.75) is 25.9 Å². The van der Waals surface area contributed by atoms with Gasteiger partial charge in [0.25, 0.3) is 0 Å². The summed E-state index contributed by atoms with van der Waals surface area (Å²) in [6, 6.07) is 38.9. The molecule has 1 N–H and O–H groups in total. The predicted molar refractivity (Wildman–Crippen MR) is 157 cm³/mol. The molecule has 9 heteroatoms. The maximum Gasteiger partial charge on any atom is 0.182 e. The minimum atomic E-state index is 0.335. The van der Waals surface area contributed by atoms with E-state index < -0.39 is 0 Å². The Kier molecular flexibility index (Phi) is 7.54. The summed E-state index contributed by atoms with van der Waals surface area (Å²) in [4.78, 5) is 9.26. The van der Waals surface area contributed by atoms with E-state index in [-0.39, 0.29) is 0 Å². The van der Waals surface area contributed by atoms with Crippen molar-refractivity contribution in [2.24, 2.45) is 0 Å². The van der Waals surface area contributed by atoms with Gasteiger partial charge in [0.1, 0.15) is 11.6 Å². The molecule has 200 valence electrons. The molecule has 0 aliphatic rings. The second kappa shape index (κ2) is 12.1. The lowest BCUT2D eigenvalue weighted by molar-refractivity contribution is 0.748. The Balaban J connectivity index is 0.000000149. The Labute approximate surface area is 236 Å². The molecular weight excluding hydrogens is 510 g/mol. The van der Waals surface area contributed by atoms with E-state index in [0.29, 0.717) is 18.7 Å². The summed E-state index contributed by atoms with van der Waals surface area (Å²) in [6.45, 7) is 1.52. The molecule has 0 aliphatic carbocycles. The second-order valence-corrected chi connectivity index (χ2v) is 9.52. The van der Waals surface area contributed by atoms with Crippen LogP contribution in [0.1, 0.15) is 28.6 Å². The molecule has 4 aromatic carbocycles. The van der Waals surface area contributed by atoms with E-state index >= 15 is 0 Å². The molecule has 0 radical (unpaired) electrons. The standard InChI is InChI=1S/C16H14N6.C16H13N3/c1-2-6-12(7-3-1)11-22-14-9-5-4-8-13(14)17-16(22)10-15-18-20-21-19-15;17-11-10-16-18-14-8-4-5-9-15(14)19(16)12-13-6-2-1-3-7-13/h1-9H,10-11H2,(H,18,19,20,21);1-9H,10,12H2. The minimum Gasteiger partial charge on any atom is -0.323 e. The maximum absolute atomic E-state index is 8.93. The average molecular weight is 538 g/mol. The van der Waals surface area contributed by atoms with Crippen molar-refractivity contribution in [1.29, 1.82) is 5.26 Å². The van der Waals surface area contributed by atoms with Crippen LogP contribution in [0, 0.1) is 11.3 Å². The molecule has 0 unspecified atom stereocenters. The van der Waals surface area contributed by atoms with Crippen molar-refractivity contribution in [1.82, 2.24) is 39.7 Å². The smallest absolute Gasteiger partial charge is 0.182 e. The van der Waals surface area contributed by atoms with Gasteiger partial charge in [0.15, 0.2) is 5.82 Å². The lowest BCUT2D eigenvalue weighted by atomic mass is 10.2. The Morgan fingerprint density at radius 2 is 1.15 bits per heavy atom. The van der Waals surface area contributed by atoms with Crippen LogP contribution in [0.2, 0.25) is 0 Å². The SMILES string of the molecule is N#CCc1nc2ccccc2n1Cc1ccccc1.c1ccc(Cn2c(Cc3nn[nH]n3)nc3ccccc32)cc1. The molecule has 0 amide bonds. The summed E-state index contributed by atoms with van der Waals surface area (Å²) in [7, 11) is 0. The van der Waals surface area contributed by atoms with Crippen LogP contribution in [-0.2, 0) is 25.9 Å². The van der Waals surface area contributed by atoms with Crippen molar-refractivity contribution in [3.8, 4) is 6.07 Å². The van der Waals surface area contributed by atoms with Crippen molar-refractivity contribution < 1.29 is 0 Å². The number of rotatable bonds is 7. The first-order valence-corrected chi connectivity index (χ1v) is 13.3. The van der Waals surface area contributed by atoms with E-state index in [2.05, 4.69) is 71.1 Å². The highest BCUT2D eigenvalue weighted by Crippen LogP contribution is 2.20. The van der Waals surface area contributed by atoms with Gasteiger partial charge in [-0.05, 0) is 35.4 Å². The summed E-state index contributed by atoms with van der Waals surface area (Å²) >= 11 is 0. The Hall–Kier alpha value is -5.62. The molecule has 0 saturated carbocycles. The number of tetrazole rings is 1. The van der Waals surface area contributed by atoms with E-state index in [1.165, 1.54) is 11.1 Å². The topological polar surface area (TPSA) is 114 Å². The molecule has 0 spiro atoms. The molecule has 0 bridgehead atoms. The number of aromatic nitrogens is 8. The highest BCUT2D eigenvalue weighted by atomic mass is 15.5. The molecule has 0 aliphatic heterocycles. The van der Waals surface area contributed by atoms with Crippen LogP contribution >= 0.6 is 0 Å². The van der Waals surface area contributed by atoms with Gasteiger partial charge in [0.2, 0.25) is 0 Å². The predicted octanol–water partition coefficient (Wildman–Crippen LogP) is 5.34. The quantitative estimate of drug-likeness (QED) is 0.294. The number of aromatic amines is 1. The van der Waals surface area contributed by atoms with Gasteiger partial charge in [-0.15, -0.1) is 10.2 Å². The molecule has 0 fully saturated rings. The second-order valence-electron chi connectivity index (χ2n) is 9.52. The zero-order valence-electron chi connectivity index (χ0n) is 22.3. The van der Waals surface area contributed by atoms with Crippen LogP contribution in [0.3, 0.4) is 0 Å². The minimum absolute atomic E-state index is 0.335. The molecular formula is C32H27N9. The summed E-state index contributed by atoms with van der Waals surface area (Å²) in [5.41, 5.74) is 6.58. The average Bonchev–Trinajstić information content (AvgIpc) is 3.74. The molecule has 3 heterocycles. The van der Waals surface area contributed by atoms with Gasteiger partial charge in [0.05, 0.1) is 41.0 Å². The number of hydrogen-bond acceptors (Lipinski definition) is 6. The maximum atomic E-state index is 8.93. The largest absolute Gasteiger partial charge is 0.323 e. The van der Waals surface area contributed by atoms with Crippen molar-refractivity contribution in [2.75, 3.05) is 0 Å². The molecule has 9 nitrogen and oxygen atoms in total. The number of benzene rings is 4. The van der Waals surface area contributed by atoms with Crippen LogP contribution in [-0.4, -0.2) is 39.7 Å². The fourth-order valence-electron chi connectivity index (χ4n) is 4.88. The summed E-state index contributed by atoms with van der Waals surface area (Å²) in [5.74, 6) is 2.41. The first-order chi connectivity index (χ1) is 20.3. The molecule has 7 aromatic rings. The number of nitrogens with one attached hydrogen (secondary N) is 1. The van der Waals surface area contributed by atoms with Crippen LogP contribution in [0.25, 0.3) is 22.1 Å². The van der Waals surface area contributed by atoms with Crippen LogP contribution < -0.4 is 0 Å². The van der Waals surface area contributed by atoms with E-state index in [0.717, 1.165) is 46.8 Å². The summed E-state index contributed by atoms with van der Waals surface area (Å²) in [5, 5.41) is 23.1. The first kappa shape index (κ1) is 25.6. The van der Waals surface area contributed by atoms with Crippen LogP contribution in [0.5, 0.6) is 0 Å². The fraction of sp³-hybridized carbons (Fsp3) is 0.125. The number of H-pyrrole nitrogens is 1. The Morgan fingerprint density at radius 1 is 0.634 bits per heavy atom. The van der Waals surface area contributed by atoms with Gasteiger partial charge in [-0.25, -0.2) is 9.97 Å². The van der Waals surface area contributed by atoms with Gasteiger partial charge < -0.3 is 9.13 Å². The lowest BCUT2D eigenvalue weighted by Gasteiger charge is -2.08. The van der Waals surface area contributed by atoms with Crippen molar-refractivity contribution >= 4 is 22.1 Å². The fourth-order valence-corrected chi connectivity index (χ4v) is 4.88. The molecule has 0 atom stereocenters. The highest BCUT2D eigenvalue weighted by Gasteiger charge is 2.13. The molecule has 7 rings (SSSR count). The van der Waals surface area contributed by atoms with Gasteiger partial charge in [-0.1, -0.05) is 90.1 Å². The number of hydrogen-bond donors (Lipinski definition) is 1.